The summed E-state index contributed by atoms with van der Waals surface area (Å²) in [4.78, 5) is 24.3. The largest absolute Gasteiger partial charge is 0.358 e. The first-order valence-electron chi connectivity index (χ1n) is 5.66. The van der Waals surface area contributed by atoms with Crippen LogP contribution < -0.4 is 11.1 Å². The maximum atomic E-state index is 11.9. The molecule has 1 aromatic rings. The first kappa shape index (κ1) is 14.2. The standard InChI is InChI=1S/C11H18N4O3/c1-7(2)11(3,6-12)14-10(16)8-4-5-9(13-8)15(17)18/h4-5,7,13H,6,12H2,1-3H3,(H,14,16). The van der Waals surface area contributed by atoms with Gasteiger partial charge in [0, 0.05) is 12.6 Å². The molecule has 1 rings (SSSR count). The van der Waals surface area contributed by atoms with E-state index >= 15 is 0 Å². The van der Waals surface area contributed by atoms with Crippen molar-refractivity contribution in [2.45, 2.75) is 26.3 Å². The van der Waals surface area contributed by atoms with Gasteiger partial charge in [0.25, 0.3) is 5.91 Å². The Morgan fingerprint density at radius 1 is 1.61 bits per heavy atom. The second-order valence-electron chi connectivity index (χ2n) is 4.74. The lowest BCUT2D eigenvalue weighted by Gasteiger charge is -2.33. The highest BCUT2D eigenvalue weighted by Gasteiger charge is 2.30. The highest BCUT2D eigenvalue weighted by Crippen LogP contribution is 2.16. The van der Waals surface area contributed by atoms with E-state index in [4.69, 9.17) is 5.73 Å². The minimum Gasteiger partial charge on any atom is -0.358 e. The van der Waals surface area contributed by atoms with Gasteiger partial charge in [0.05, 0.1) is 5.54 Å². The number of nitro groups is 1. The first-order chi connectivity index (χ1) is 8.30. The van der Waals surface area contributed by atoms with Crippen molar-refractivity contribution in [3.63, 3.8) is 0 Å². The normalized spacial score (nSPS) is 14.3. The van der Waals surface area contributed by atoms with E-state index < -0.39 is 16.4 Å². The molecule has 0 saturated heterocycles. The van der Waals surface area contributed by atoms with Gasteiger partial charge in [-0.3, -0.25) is 4.79 Å². The average molecular weight is 254 g/mol. The molecule has 18 heavy (non-hydrogen) atoms. The minimum atomic E-state index is -0.582. The zero-order chi connectivity index (χ0) is 13.9. The molecule has 1 amide bonds. The molecule has 4 N–H and O–H groups in total. The lowest BCUT2D eigenvalue weighted by atomic mass is 9.88. The molecule has 100 valence electrons. The fraction of sp³-hybridized carbons (Fsp3) is 0.545. The van der Waals surface area contributed by atoms with E-state index in [2.05, 4.69) is 10.3 Å². The summed E-state index contributed by atoms with van der Waals surface area (Å²) in [5.41, 5.74) is 5.26. The van der Waals surface area contributed by atoms with E-state index in [9.17, 15) is 14.9 Å². The molecular weight excluding hydrogens is 236 g/mol. The Bertz CT molecular complexity index is 455. The lowest BCUT2D eigenvalue weighted by Crippen LogP contribution is -2.55. The molecule has 1 unspecified atom stereocenters. The maximum absolute atomic E-state index is 11.9. The second-order valence-corrected chi connectivity index (χ2v) is 4.74. The number of carbonyl (C=O) groups excluding carboxylic acids is 1. The average Bonchev–Trinajstić information content (AvgIpc) is 2.77. The number of nitrogens with zero attached hydrogens (tertiary/aromatic N) is 1. The van der Waals surface area contributed by atoms with Crippen LogP contribution in [0.2, 0.25) is 0 Å². The molecule has 0 saturated carbocycles. The van der Waals surface area contributed by atoms with Crippen LogP contribution in [0.15, 0.2) is 12.1 Å². The Labute approximate surface area is 105 Å². The van der Waals surface area contributed by atoms with Crippen LogP contribution in [0.4, 0.5) is 5.82 Å². The third-order valence-electron chi connectivity index (χ3n) is 3.21. The van der Waals surface area contributed by atoms with Crippen LogP contribution in [0.25, 0.3) is 0 Å². The summed E-state index contributed by atoms with van der Waals surface area (Å²) >= 11 is 0. The van der Waals surface area contributed by atoms with Crippen molar-refractivity contribution in [3.05, 3.63) is 27.9 Å². The first-order valence-corrected chi connectivity index (χ1v) is 5.66. The van der Waals surface area contributed by atoms with Gasteiger partial charge >= 0.3 is 5.82 Å². The Balaban J connectivity index is 2.84. The fourth-order valence-electron chi connectivity index (χ4n) is 1.38. The van der Waals surface area contributed by atoms with Gasteiger partial charge in [0.2, 0.25) is 0 Å². The Hall–Kier alpha value is -1.89. The van der Waals surface area contributed by atoms with E-state index in [1.54, 1.807) is 0 Å². The summed E-state index contributed by atoms with van der Waals surface area (Å²) in [7, 11) is 0. The SMILES string of the molecule is CC(C)C(C)(CN)NC(=O)c1ccc([N+](=O)[O-])[nH]1. The number of nitrogens with one attached hydrogen (secondary N) is 2. The van der Waals surface area contributed by atoms with Crippen molar-refractivity contribution in [1.29, 1.82) is 0 Å². The number of nitrogens with two attached hydrogens (primary N) is 1. The predicted octanol–water partition coefficient (Wildman–Crippen LogP) is 1.03. The number of rotatable bonds is 5. The quantitative estimate of drug-likeness (QED) is 0.537. The number of amides is 1. The topological polar surface area (TPSA) is 114 Å². The molecule has 0 radical (unpaired) electrons. The van der Waals surface area contributed by atoms with Gasteiger partial charge in [0.1, 0.15) is 0 Å². The van der Waals surface area contributed by atoms with Crippen LogP contribution in [0, 0.1) is 16.0 Å². The fourth-order valence-corrected chi connectivity index (χ4v) is 1.38. The van der Waals surface area contributed by atoms with Crippen molar-refractivity contribution >= 4 is 11.7 Å². The Kier molecular flexibility index (Phi) is 4.07. The molecule has 1 heterocycles. The number of aromatic nitrogens is 1. The zero-order valence-corrected chi connectivity index (χ0v) is 10.7. The van der Waals surface area contributed by atoms with E-state index in [1.165, 1.54) is 12.1 Å². The van der Waals surface area contributed by atoms with Gasteiger partial charge in [-0.25, -0.2) is 4.98 Å². The number of hydrogen-bond donors (Lipinski definition) is 3. The summed E-state index contributed by atoms with van der Waals surface area (Å²) in [5.74, 6) is -0.458. The highest BCUT2D eigenvalue weighted by molar-refractivity contribution is 5.93. The predicted molar refractivity (Wildman–Crippen MR) is 67.2 cm³/mol. The van der Waals surface area contributed by atoms with Crippen molar-refractivity contribution < 1.29 is 9.72 Å². The number of hydrogen-bond acceptors (Lipinski definition) is 4. The van der Waals surface area contributed by atoms with Gasteiger partial charge < -0.3 is 21.2 Å². The number of carbonyl (C=O) groups is 1. The van der Waals surface area contributed by atoms with Crippen molar-refractivity contribution in [2.24, 2.45) is 11.7 Å². The van der Waals surface area contributed by atoms with Crippen molar-refractivity contribution in [3.8, 4) is 0 Å². The smallest absolute Gasteiger partial charge is 0.321 e. The van der Waals surface area contributed by atoms with Gasteiger partial charge in [-0.15, -0.1) is 0 Å². The minimum absolute atomic E-state index is 0.149. The molecule has 0 aliphatic heterocycles. The summed E-state index contributed by atoms with van der Waals surface area (Å²) < 4.78 is 0. The third kappa shape index (κ3) is 2.86. The Morgan fingerprint density at radius 3 is 2.61 bits per heavy atom. The summed E-state index contributed by atoms with van der Waals surface area (Å²) in [5, 5.41) is 13.3. The molecule has 0 spiro atoms. The van der Waals surface area contributed by atoms with Crippen LogP contribution >= 0.6 is 0 Å². The van der Waals surface area contributed by atoms with E-state index in [-0.39, 0.29) is 17.4 Å². The molecule has 7 heteroatoms. The van der Waals surface area contributed by atoms with Crippen LogP contribution in [0.3, 0.4) is 0 Å². The molecule has 1 aromatic heterocycles. The molecule has 0 aliphatic rings. The van der Waals surface area contributed by atoms with Crippen LogP contribution in [-0.2, 0) is 0 Å². The van der Waals surface area contributed by atoms with Crippen LogP contribution in [0.1, 0.15) is 31.3 Å². The molecule has 1 atom stereocenters. The highest BCUT2D eigenvalue weighted by atomic mass is 16.6. The monoisotopic (exact) mass is 254 g/mol. The van der Waals surface area contributed by atoms with Crippen LogP contribution in [0.5, 0.6) is 0 Å². The third-order valence-corrected chi connectivity index (χ3v) is 3.21. The van der Waals surface area contributed by atoms with Gasteiger partial charge in [-0.05, 0) is 23.8 Å². The molecule has 0 bridgehead atoms. The number of aromatic amines is 1. The molecule has 0 aromatic carbocycles. The second kappa shape index (κ2) is 5.18. The molecule has 0 aliphatic carbocycles. The molecule has 0 fully saturated rings. The van der Waals surface area contributed by atoms with E-state index in [0.717, 1.165) is 0 Å². The molecular formula is C11H18N4O3. The Morgan fingerprint density at radius 2 is 2.22 bits per heavy atom. The van der Waals surface area contributed by atoms with E-state index in [0.29, 0.717) is 6.54 Å². The van der Waals surface area contributed by atoms with Gasteiger partial charge in [-0.1, -0.05) is 13.8 Å². The van der Waals surface area contributed by atoms with Gasteiger partial charge in [0.15, 0.2) is 5.69 Å². The van der Waals surface area contributed by atoms with Gasteiger partial charge in [-0.2, -0.15) is 0 Å². The maximum Gasteiger partial charge on any atom is 0.321 e. The lowest BCUT2D eigenvalue weighted by molar-refractivity contribution is -0.389. The zero-order valence-electron chi connectivity index (χ0n) is 10.7. The van der Waals surface area contributed by atoms with Crippen molar-refractivity contribution in [2.75, 3.05) is 6.54 Å². The van der Waals surface area contributed by atoms with E-state index in [1.807, 2.05) is 20.8 Å². The molecule has 7 nitrogen and oxygen atoms in total. The summed E-state index contributed by atoms with van der Waals surface area (Å²) in [6, 6.07) is 2.63. The van der Waals surface area contributed by atoms with Crippen LogP contribution in [-0.4, -0.2) is 27.9 Å². The summed E-state index contributed by atoms with van der Waals surface area (Å²) in [6.07, 6.45) is 0. The van der Waals surface area contributed by atoms with Crippen molar-refractivity contribution in [1.82, 2.24) is 10.3 Å². The summed E-state index contributed by atoms with van der Waals surface area (Å²) in [6.45, 7) is 6.03. The number of H-pyrrole nitrogens is 1.